The van der Waals surface area contributed by atoms with Crippen molar-refractivity contribution in [1.82, 2.24) is 4.90 Å². The van der Waals surface area contributed by atoms with E-state index < -0.39 is 0 Å². The normalized spacial score (nSPS) is 17.7. The second-order valence-electron chi connectivity index (χ2n) is 6.58. The highest BCUT2D eigenvalue weighted by Gasteiger charge is 2.26. The first kappa shape index (κ1) is 18.7. The number of hydrogen-bond donors (Lipinski definition) is 1. The summed E-state index contributed by atoms with van der Waals surface area (Å²) in [5, 5.41) is 3.83. The number of halogens is 1. The molecule has 0 unspecified atom stereocenters. The Labute approximate surface area is 160 Å². The Morgan fingerprint density at radius 1 is 1.23 bits per heavy atom. The van der Waals surface area contributed by atoms with Crippen LogP contribution in [0.25, 0.3) is 0 Å². The van der Waals surface area contributed by atoms with Crippen LogP contribution >= 0.6 is 11.6 Å². The van der Waals surface area contributed by atoms with Gasteiger partial charge in [-0.15, -0.1) is 0 Å². The highest BCUT2D eigenvalue weighted by molar-refractivity contribution is 6.31. The molecular weight excluding hydrogens is 348 g/mol. The van der Waals surface area contributed by atoms with Gasteiger partial charge in [-0.05, 0) is 50.1 Å². The van der Waals surface area contributed by atoms with E-state index in [0.717, 1.165) is 48.7 Å². The van der Waals surface area contributed by atoms with Crippen LogP contribution in [0.1, 0.15) is 25.3 Å². The van der Waals surface area contributed by atoms with Gasteiger partial charge in [0.25, 0.3) is 0 Å². The zero-order valence-electron chi connectivity index (χ0n) is 15.1. The highest BCUT2D eigenvalue weighted by Crippen LogP contribution is 2.27. The number of ether oxygens (including phenoxy) is 1. The van der Waals surface area contributed by atoms with Crippen LogP contribution in [-0.2, 0) is 11.3 Å². The molecule has 3 rings (SSSR count). The minimum absolute atomic E-state index is 0.0269. The molecule has 4 nitrogen and oxygen atoms in total. The third-order valence-corrected chi connectivity index (χ3v) is 5.04. The van der Waals surface area contributed by atoms with Gasteiger partial charge in [-0.3, -0.25) is 9.69 Å². The van der Waals surface area contributed by atoms with Crippen molar-refractivity contribution in [2.45, 2.75) is 26.3 Å². The lowest BCUT2D eigenvalue weighted by atomic mass is 9.96. The molecule has 0 spiro atoms. The van der Waals surface area contributed by atoms with E-state index in [2.05, 4.69) is 10.2 Å². The van der Waals surface area contributed by atoms with E-state index in [1.165, 1.54) is 0 Å². The summed E-state index contributed by atoms with van der Waals surface area (Å²) in [6.45, 7) is 5.02. The Kier molecular flexibility index (Phi) is 6.53. The van der Waals surface area contributed by atoms with E-state index in [1.54, 1.807) is 0 Å². The monoisotopic (exact) mass is 372 g/mol. The number of benzene rings is 2. The Morgan fingerprint density at radius 2 is 2.00 bits per heavy atom. The Balaban J connectivity index is 1.62. The van der Waals surface area contributed by atoms with Crippen LogP contribution in [0.3, 0.4) is 0 Å². The van der Waals surface area contributed by atoms with E-state index in [4.69, 9.17) is 16.3 Å². The summed E-state index contributed by atoms with van der Waals surface area (Å²) in [7, 11) is 0. The molecule has 1 N–H and O–H groups in total. The molecule has 0 aliphatic carbocycles. The molecule has 5 heteroatoms. The van der Waals surface area contributed by atoms with Crippen molar-refractivity contribution in [2.24, 2.45) is 5.92 Å². The van der Waals surface area contributed by atoms with Gasteiger partial charge in [0, 0.05) is 18.1 Å². The largest absolute Gasteiger partial charge is 0.492 e. The minimum Gasteiger partial charge on any atom is -0.492 e. The van der Waals surface area contributed by atoms with Gasteiger partial charge in [0.15, 0.2) is 0 Å². The molecule has 26 heavy (non-hydrogen) atoms. The molecule has 1 heterocycles. The van der Waals surface area contributed by atoms with Gasteiger partial charge in [0.05, 0.1) is 18.2 Å². The first-order valence-corrected chi connectivity index (χ1v) is 9.53. The topological polar surface area (TPSA) is 41.6 Å². The van der Waals surface area contributed by atoms with Gasteiger partial charge in [-0.1, -0.05) is 41.9 Å². The fourth-order valence-electron chi connectivity index (χ4n) is 3.37. The number of rotatable bonds is 6. The summed E-state index contributed by atoms with van der Waals surface area (Å²) in [5.41, 5.74) is 1.85. The van der Waals surface area contributed by atoms with Crippen molar-refractivity contribution >= 4 is 23.2 Å². The first-order valence-electron chi connectivity index (χ1n) is 9.16. The van der Waals surface area contributed by atoms with Crippen LogP contribution < -0.4 is 10.1 Å². The van der Waals surface area contributed by atoms with Crippen molar-refractivity contribution in [3.63, 3.8) is 0 Å². The average Bonchev–Trinajstić information content (AvgIpc) is 2.66. The number of piperidine rings is 1. The maximum Gasteiger partial charge on any atom is 0.228 e. The zero-order chi connectivity index (χ0) is 18.4. The van der Waals surface area contributed by atoms with Crippen molar-refractivity contribution in [3.05, 3.63) is 59.1 Å². The third kappa shape index (κ3) is 4.77. The number of carbonyl (C=O) groups excluding carboxylic acids is 1. The Bertz CT molecular complexity index is 750. The lowest BCUT2D eigenvalue weighted by molar-refractivity contribution is -0.121. The van der Waals surface area contributed by atoms with Crippen LogP contribution in [0.2, 0.25) is 5.02 Å². The summed E-state index contributed by atoms with van der Waals surface area (Å²) in [6.07, 6.45) is 1.91. The lowest BCUT2D eigenvalue weighted by Crippen LogP contribution is -2.40. The predicted molar refractivity (Wildman–Crippen MR) is 106 cm³/mol. The van der Waals surface area contributed by atoms with Crippen LogP contribution in [0.4, 0.5) is 5.69 Å². The van der Waals surface area contributed by atoms with Crippen molar-refractivity contribution in [3.8, 4) is 5.75 Å². The molecule has 2 aromatic rings. The summed E-state index contributed by atoms with van der Waals surface area (Å²) in [5.74, 6) is 0.744. The standard InChI is InChI=1S/C21H25ClN2O2/c1-2-26-20-12-6-5-11-19(20)23-21(25)17-9-7-13-24(15-17)14-16-8-3-4-10-18(16)22/h3-6,8,10-12,17H,2,7,9,13-15H2,1H3,(H,23,25)/t17-/m1/s1. The smallest absolute Gasteiger partial charge is 0.228 e. The van der Waals surface area contributed by atoms with E-state index >= 15 is 0 Å². The molecule has 1 aliphatic heterocycles. The molecule has 2 aromatic carbocycles. The second kappa shape index (κ2) is 9.06. The van der Waals surface area contributed by atoms with Crippen LogP contribution in [0, 0.1) is 5.92 Å². The Hall–Kier alpha value is -2.04. The molecule has 0 bridgehead atoms. The molecular formula is C21H25ClN2O2. The number of amides is 1. The number of nitrogens with one attached hydrogen (secondary N) is 1. The molecule has 0 aromatic heterocycles. The number of likely N-dealkylation sites (tertiary alicyclic amines) is 1. The molecule has 1 fully saturated rings. The van der Waals surface area contributed by atoms with Gasteiger partial charge in [0.2, 0.25) is 5.91 Å². The predicted octanol–water partition coefficient (Wildman–Crippen LogP) is 4.59. The number of anilines is 1. The van der Waals surface area contributed by atoms with E-state index in [-0.39, 0.29) is 11.8 Å². The lowest BCUT2D eigenvalue weighted by Gasteiger charge is -2.32. The first-order chi connectivity index (χ1) is 12.7. The van der Waals surface area contributed by atoms with Crippen molar-refractivity contribution in [2.75, 3.05) is 25.0 Å². The summed E-state index contributed by atoms with van der Waals surface area (Å²) >= 11 is 6.28. The number of hydrogen-bond acceptors (Lipinski definition) is 3. The van der Waals surface area contributed by atoms with Crippen molar-refractivity contribution < 1.29 is 9.53 Å². The SMILES string of the molecule is CCOc1ccccc1NC(=O)[C@@H]1CCCN(Cc2ccccc2Cl)C1. The van der Waals surface area contributed by atoms with Gasteiger partial charge >= 0.3 is 0 Å². The van der Waals surface area contributed by atoms with E-state index in [1.807, 2.05) is 55.5 Å². The number of nitrogens with zero attached hydrogens (tertiary/aromatic N) is 1. The molecule has 1 saturated heterocycles. The molecule has 1 amide bonds. The maximum atomic E-state index is 12.8. The minimum atomic E-state index is -0.0269. The Morgan fingerprint density at radius 3 is 2.81 bits per heavy atom. The van der Waals surface area contributed by atoms with Gasteiger partial charge in [-0.25, -0.2) is 0 Å². The maximum absolute atomic E-state index is 12.8. The van der Waals surface area contributed by atoms with E-state index in [9.17, 15) is 4.79 Å². The highest BCUT2D eigenvalue weighted by atomic mass is 35.5. The zero-order valence-corrected chi connectivity index (χ0v) is 15.8. The third-order valence-electron chi connectivity index (χ3n) is 4.67. The van der Waals surface area contributed by atoms with Crippen molar-refractivity contribution in [1.29, 1.82) is 0 Å². The number of carbonyl (C=O) groups is 1. The molecule has 0 saturated carbocycles. The summed E-state index contributed by atoms with van der Waals surface area (Å²) in [4.78, 5) is 15.1. The molecule has 1 aliphatic rings. The molecule has 138 valence electrons. The fraction of sp³-hybridized carbons (Fsp3) is 0.381. The summed E-state index contributed by atoms with van der Waals surface area (Å²) < 4.78 is 5.60. The van der Waals surface area contributed by atoms with Gasteiger partial charge < -0.3 is 10.1 Å². The second-order valence-corrected chi connectivity index (χ2v) is 6.99. The van der Waals surface area contributed by atoms with E-state index in [0.29, 0.717) is 12.4 Å². The van der Waals surface area contributed by atoms with Gasteiger partial charge in [0.1, 0.15) is 5.75 Å². The van der Waals surface area contributed by atoms with Crippen LogP contribution in [0.15, 0.2) is 48.5 Å². The van der Waals surface area contributed by atoms with Crippen LogP contribution in [-0.4, -0.2) is 30.5 Å². The quantitative estimate of drug-likeness (QED) is 0.806. The average molecular weight is 373 g/mol. The van der Waals surface area contributed by atoms with Crippen LogP contribution in [0.5, 0.6) is 5.75 Å². The molecule has 1 atom stereocenters. The summed E-state index contributed by atoms with van der Waals surface area (Å²) in [6, 6.07) is 15.5. The number of para-hydroxylation sites is 2. The fourth-order valence-corrected chi connectivity index (χ4v) is 3.56. The molecule has 0 radical (unpaired) electrons. The van der Waals surface area contributed by atoms with Gasteiger partial charge in [-0.2, -0.15) is 0 Å².